The largest absolute Gasteiger partial charge is 0.493 e. The van der Waals surface area contributed by atoms with Crippen LogP contribution >= 0.6 is 34.5 Å². The van der Waals surface area contributed by atoms with E-state index in [9.17, 15) is 4.79 Å². The molecule has 4 nitrogen and oxygen atoms in total. The third kappa shape index (κ3) is 5.10. The SMILES string of the molecule is CCOc1ccccc1-c1csc(NC(=O)/C=C/c2ccc(Cl)c(Cl)c2)n1. The average Bonchev–Trinajstić information content (AvgIpc) is 3.11. The number of benzene rings is 2. The van der Waals surface area contributed by atoms with Crippen molar-refractivity contribution in [1.29, 1.82) is 0 Å². The van der Waals surface area contributed by atoms with Gasteiger partial charge in [-0.25, -0.2) is 4.98 Å². The highest BCUT2D eigenvalue weighted by Crippen LogP contribution is 2.32. The third-order valence-electron chi connectivity index (χ3n) is 3.57. The summed E-state index contributed by atoms with van der Waals surface area (Å²) in [7, 11) is 0. The second-order valence-electron chi connectivity index (χ2n) is 5.46. The second kappa shape index (κ2) is 9.04. The normalized spacial score (nSPS) is 10.9. The molecule has 0 spiro atoms. The van der Waals surface area contributed by atoms with Crippen molar-refractivity contribution >= 4 is 51.7 Å². The maximum Gasteiger partial charge on any atom is 0.250 e. The Hall–Kier alpha value is -2.34. The number of thiazole rings is 1. The highest BCUT2D eigenvalue weighted by Gasteiger charge is 2.10. The molecule has 1 aromatic heterocycles. The highest BCUT2D eigenvalue weighted by atomic mass is 35.5. The van der Waals surface area contributed by atoms with E-state index in [2.05, 4.69) is 10.3 Å². The lowest BCUT2D eigenvalue weighted by Gasteiger charge is -2.07. The Kier molecular flexibility index (Phi) is 6.50. The Bertz CT molecular complexity index is 986. The summed E-state index contributed by atoms with van der Waals surface area (Å²) in [5.41, 5.74) is 2.43. The maximum absolute atomic E-state index is 12.1. The number of rotatable bonds is 6. The molecule has 138 valence electrons. The smallest absolute Gasteiger partial charge is 0.250 e. The fourth-order valence-corrected chi connectivity index (χ4v) is 3.37. The summed E-state index contributed by atoms with van der Waals surface area (Å²) in [6.45, 7) is 2.51. The molecule has 0 aliphatic carbocycles. The zero-order valence-electron chi connectivity index (χ0n) is 14.4. The summed E-state index contributed by atoms with van der Waals surface area (Å²) in [6, 6.07) is 12.8. The third-order valence-corrected chi connectivity index (χ3v) is 5.06. The molecule has 0 atom stereocenters. The van der Waals surface area contributed by atoms with Gasteiger partial charge in [-0.1, -0.05) is 41.4 Å². The van der Waals surface area contributed by atoms with E-state index in [4.69, 9.17) is 27.9 Å². The van der Waals surface area contributed by atoms with Crippen LogP contribution in [0.25, 0.3) is 17.3 Å². The van der Waals surface area contributed by atoms with Gasteiger partial charge in [0.1, 0.15) is 5.75 Å². The molecular weight excluding hydrogens is 403 g/mol. The Balaban J connectivity index is 1.69. The molecular formula is C20H16Cl2N2O2S. The van der Waals surface area contributed by atoms with Gasteiger partial charge in [0.15, 0.2) is 5.13 Å². The van der Waals surface area contributed by atoms with Crippen LogP contribution in [0.4, 0.5) is 5.13 Å². The van der Waals surface area contributed by atoms with E-state index in [1.807, 2.05) is 36.6 Å². The first-order chi connectivity index (χ1) is 13.1. The van der Waals surface area contributed by atoms with E-state index in [1.54, 1.807) is 24.3 Å². The number of anilines is 1. The van der Waals surface area contributed by atoms with Crippen molar-refractivity contribution in [3.63, 3.8) is 0 Å². The van der Waals surface area contributed by atoms with Crippen molar-refractivity contribution in [3.8, 4) is 17.0 Å². The lowest BCUT2D eigenvalue weighted by Crippen LogP contribution is -2.07. The molecule has 0 fully saturated rings. The number of carbonyl (C=O) groups excluding carboxylic acids is 1. The van der Waals surface area contributed by atoms with Crippen molar-refractivity contribution in [2.24, 2.45) is 0 Å². The van der Waals surface area contributed by atoms with Crippen LogP contribution in [0.5, 0.6) is 5.75 Å². The molecule has 0 unspecified atom stereocenters. The molecule has 7 heteroatoms. The molecule has 0 radical (unpaired) electrons. The van der Waals surface area contributed by atoms with Gasteiger partial charge in [-0.2, -0.15) is 0 Å². The van der Waals surface area contributed by atoms with E-state index in [-0.39, 0.29) is 5.91 Å². The minimum absolute atomic E-state index is 0.278. The second-order valence-corrected chi connectivity index (χ2v) is 7.14. The minimum Gasteiger partial charge on any atom is -0.493 e. The van der Waals surface area contributed by atoms with Gasteiger partial charge >= 0.3 is 0 Å². The van der Waals surface area contributed by atoms with Crippen LogP contribution in [0, 0.1) is 0 Å². The van der Waals surface area contributed by atoms with Crippen LogP contribution in [0.1, 0.15) is 12.5 Å². The van der Waals surface area contributed by atoms with Gasteiger partial charge in [0.25, 0.3) is 0 Å². The summed E-state index contributed by atoms with van der Waals surface area (Å²) in [5, 5.41) is 6.08. The topological polar surface area (TPSA) is 51.2 Å². The van der Waals surface area contributed by atoms with Gasteiger partial charge in [0.05, 0.1) is 22.3 Å². The maximum atomic E-state index is 12.1. The van der Waals surface area contributed by atoms with Crippen molar-refractivity contribution < 1.29 is 9.53 Å². The predicted molar refractivity (Wildman–Crippen MR) is 113 cm³/mol. The van der Waals surface area contributed by atoms with Crippen molar-refractivity contribution in [1.82, 2.24) is 4.98 Å². The number of aromatic nitrogens is 1. The van der Waals surface area contributed by atoms with Crippen LogP contribution in [0.3, 0.4) is 0 Å². The summed E-state index contributed by atoms with van der Waals surface area (Å²) >= 11 is 13.2. The highest BCUT2D eigenvalue weighted by molar-refractivity contribution is 7.14. The Labute approximate surface area is 171 Å². The standard InChI is InChI=1S/C20H16Cl2N2O2S/c1-2-26-18-6-4-3-5-14(18)17-12-27-20(23-17)24-19(25)10-8-13-7-9-15(21)16(22)11-13/h3-12H,2H2,1H3,(H,23,24,25)/b10-8+. The first kappa shape index (κ1) is 19.4. The zero-order valence-corrected chi connectivity index (χ0v) is 16.7. The lowest BCUT2D eigenvalue weighted by molar-refractivity contribution is -0.111. The molecule has 1 amide bonds. The van der Waals surface area contributed by atoms with Gasteiger partial charge in [-0.3, -0.25) is 10.1 Å². The number of ether oxygens (including phenoxy) is 1. The number of nitrogens with zero attached hydrogens (tertiary/aromatic N) is 1. The van der Waals surface area contributed by atoms with E-state index in [1.165, 1.54) is 17.4 Å². The molecule has 0 aliphatic heterocycles. The number of amides is 1. The molecule has 0 saturated carbocycles. The van der Waals surface area contributed by atoms with Crippen molar-refractivity contribution in [3.05, 3.63) is 69.5 Å². The molecule has 0 bridgehead atoms. The fraction of sp³-hybridized carbons (Fsp3) is 0.100. The Morgan fingerprint density at radius 3 is 2.81 bits per heavy atom. The van der Waals surface area contributed by atoms with E-state index >= 15 is 0 Å². The molecule has 0 saturated heterocycles. The summed E-state index contributed by atoms with van der Waals surface area (Å²) < 4.78 is 5.63. The number of hydrogen-bond donors (Lipinski definition) is 1. The summed E-state index contributed by atoms with van der Waals surface area (Å²) in [4.78, 5) is 16.6. The lowest BCUT2D eigenvalue weighted by atomic mass is 10.1. The van der Waals surface area contributed by atoms with E-state index in [0.717, 1.165) is 22.6 Å². The minimum atomic E-state index is -0.278. The van der Waals surface area contributed by atoms with Crippen LogP contribution in [0.15, 0.2) is 53.9 Å². The number of hydrogen-bond acceptors (Lipinski definition) is 4. The summed E-state index contributed by atoms with van der Waals surface area (Å²) in [6.07, 6.45) is 3.09. The van der Waals surface area contributed by atoms with Crippen molar-refractivity contribution in [2.45, 2.75) is 6.92 Å². The summed E-state index contributed by atoms with van der Waals surface area (Å²) in [5.74, 6) is 0.489. The van der Waals surface area contributed by atoms with Gasteiger partial charge in [0, 0.05) is 17.0 Å². The Morgan fingerprint density at radius 1 is 1.22 bits per heavy atom. The predicted octanol–water partition coefficient (Wildman–Crippen LogP) is 6.17. The number of carbonyl (C=O) groups is 1. The van der Waals surface area contributed by atoms with Gasteiger partial charge in [-0.15, -0.1) is 11.3 Å². The number of halogens is 2. The fourth-order valence-electron chi connectivity index (χ4n) is 2.35. The Morgan fingerprint density at radius 2 is 2.04 bits per heavy atom. The molecule has 1 heterocycles. The number of nitrogens with one attached hydrogen (secondary N) is 1. The molecule has 27 heavy (non-hydrogen) atoms. The van der Waals surface area contributed by atoms with Crippen LogP contribution in [-0.2, 0) is 4.79 Å². The van der Waals surface area contributed by atoms with Crippen LogP contribution < -0.4 is 10.1 Å². The molecule has 3 rings (SSSR count). The van der Waals surface area contributed by atoms with E-state index in [0.29, 0.717) is 21.8 Å². The monoisotopic (exact) mass is 418 g/mol. The quantitative estimate of drug-likeness (QED) is 0.487. The van der Waals surface area contributed by atoms with Gasteiger partial charge in [0.2, 0.25) is 5.91 Å². The first-order valence-electron chi connectivity index (χ1n) is 8.18. The van der Waals surface area contributed by atoms with Crippen molar-refractivity contribution in [2.75, 3.05) is 11.9 Å². The van der Waals surface area contributed by atoms with Crippen LogP contribution in [-0.4, -0.2) is 17.5 Å². The zero-order chi connectivity index (χ0) is 19.2. The van der Waals surface area contributed by atoms with Crippen LogP contribution in [0.2, 0.25) is 10.0 Å². The van der Waals surface area contributed by atoms with E-state index < -0.39 is 0 Å². The van der Waals surface area contributed by atoms with Gasteiger partial charge < -0.3 is 4.74 Å². The van der Waals surface area contributed by atoms with Gasteiger partial charge in [-0.05, 0) is 42.8 Å². The molecule has 3 aromatic rings. The molecule has 2 aromatic carbocycles. The number of para-hydroxylation sites is 1. The molecule has 0 aliphatic rings. The average molecular weight is 419 g/mol. The molecule has 1 N–H and O–H groups in total. The first-order valence-corrected chi connectivity index (χ1v) is 9.82.